The van der Waals surface area contributed by atoms with Crippen molar-refractivity contribution < 1.29 is 0 Å². The summed E-state index contributed by atoms with van der Waals surface area (Å²) in [5.41, 5.74) is 4.68. The Bertz CT molecular complexity index is 297. The fourth-order valence-corrected chi connectivity index (χ4v) is 1.73. The molecule has 3 nitrogen and oxygen atoms in total. The topological polar surface area (TPSA) is 36.8 Å². The maximum atomic E-state index is 4.16. The summed E-state index contributed by atoms with van der Waals surface area (Å²) in [6, 6.07) is 0. The molecule has 64 valence electrons. The van der Waals surface area contributed by atoms with E-state index in [-0.39, 0.29) is 0 Å². The summed E-state index contributed by atoms with van der Waals surface area (Å²) in [4.78, 5) is 0. The lowest BCUT2D eigenvalue weighted by molar-refractivity contribution is 0.758. The minimum atomic E-state index is 1.05. The Morgan fingerprint density at radius 2 is 2.08 bits per heavy atom. The zero-order valence-electron chi connectivity index (χ0n) is 7.52. The summed E-state index contributed by atoms with van der Waals surface area (Å²) in [7, 11) is 0. The Morgan fingerprint density at radius 3 is 2.92 bits per heavy atom. The van der Waals surface area contributed by atoms with Gasteiger partial charge in [-0.3, -0.25) is 0 Å². The van der Waals surface area contributed by atoms with Crippen LogP contribution >= 0.6 is 0 Å². The summed E-state index contributed by atoms with van der Waals surface area (Å²) in [5, 5.41) is 11.6. The summed E-state index contributed by atoms with van der Waals surface area (Å²) in [6.07, 6.45) is 2.21. The minimum Gasteiger partial charge on any atom is -0.388 e. The van der Waals surface area contributed by atoms with Gasteiger partial charge in [-0.1, -0.05) is 0 Å². The van der Waals surface area contributed by atoms with E-state index in [4.69, 9.17) is 0 Å². The smallest absolute Gasteiger partial charge is 0.0739 e. The molecule has 0 amide bonds. The number of allylic oxidation sites excluding steroid dienone is 2. The van der Waals surface area contributed by atoms with Crippen molar-refractivity contribution in [3.8, 4) is 0 Å². The van der Waals surface area contributed by atoms with Crippen molar-refractivity contribution in [3.63, 3.8) is 0 Å². The van der Waals surface area contributed by atoms with E-state index in [1.807, 2.05) is 6.92 Å². The van der Waals surface area contributed by atoms with Gasteiger partial charge in [0.15, 0.2) is 0 Å². The van der Waals surface area contributed by atoms with Crippen LogP contribution in [0.4, 0.5) is 0 Å². The standard InChI is InChI=1S/C9H13N3/c1-6-9-7(2)11-12-8(9)4-3-5-10-6/h10H,3-5H2,1-2H3. The zero-order valence-corrected chi connectivity index (χ0v) is 7.52. The first-order chi connectivity index (χ1) is 5.79. The molecule has 0 saturated heterocycles. The summed E-state index contributed by atoms with van der Waals surface area (Å²) in [5.74, 6) is 0. The van der Waals surface area contributed by atoms with Gasteiger partial charge >= 0.3 is 0 Å². The monoisotopic (exact) mass is 163 g/mol. The predicted molar refractivity (Wildman–Crippen MR) is 50.5 cm³/mol. The molecular weight excluding hydrogens is 150 g/mol. The number of rotatable bonds is 0. The van der Waals surface area contributed by atoms with Gasteiger partial charge in [-0.2, -0.15) is 10.2 Å². The second-order valence-corrected chi connectivity index (χ2v) is 3.26. The molecule has 3 heteroatoms. The fraction of sp³-hybridized carbons (Fsp3) is 0.556. The molecule has 2 rings (SSSR count). The Morgan fingerprint density at radius 1 is 1.25 bits per heavy atom. The number of fused-ring (bicyclic) bond motifs is 1. The van der Waals surface area contributed by atoms with Crippen LogP contribution in [0.2, 0.25) is 0 Å². The third-order valence-corrected chi connectivity index (χ3v) is 2.33. The fourth-order valence-electron chi connectivity index (χ4n) is 1.73. The van der Waals surface area contributed by atoms with Crippen molar-refractivity contribution in [2.24, 2.45) is 10.2 Å². The molecule has 12 heavy (non-hydrogen) atoms. The summed E-state index contributed by atoms with van der Waals surface area (Å²) in [6.45, 7) is 5.17. The largest absolute Gasteiger partial charge is 0.388 e. The highest BCUT2D eigenvalue weighted by molar-refractivity contribution is 6.26. The highest BCUT2D eigenvalue weighted by Crippen LogP contribution is 2.19. The zero-order chi connectivity index (χ0) is 8.55. The van der Waals surface area contributed by atoms with Gasteiger partial charge in [0.05, 0.1) is 11.4 Å². The first kappa shape index (κ1) is 7.53. The molecule has 0 bridgehead atoms. The third-order valence-electron chi connectivity index (χ3n) is 2.33. The van der Waals surface area contributed by atoms with E-state index in [1.54, 1.807) is 0 Å². The third kappa shape index (κ3) is 1.05. The lowest BCUT2D eigenvalue weighted by atomic mass is 10.0. The number of nitrogens with one attached hydrogen (secondary N) is 1. The average Bonchev–Trinajstić information content (AvgIpc) is 2.29. The highest BCUT2D eigenvalue weighted by atomic mass is 15.2. The molecule has 2 aliphatic heterocycles. The summed E-state index contributed by atoms with van der Waals surface area (Å²) >= 11 is 0. The van der Waals surface area contributed by atoms with Crippen LogP contribution in [0, 0.1) is 0 Å². The number of nitrogens with zero attached hydrogens (tertiary/aromatic N) is 2. The van der Waals surface area contributed by atoms with Gasteiger partial charge in [0, 0.05) is 17.8 Å². The second kappa shape index (κ2) is 2.73. The molecular formula is C9H13N3. The van der Waals surface area contributed by atoms with Gasteiger partial charge in [-0.25, -0.2) is 0 Å². The predicted octanol–water partition coefficient (Wildman–Crippen LogP) is 1.47. The molecule has 0 aliphatic carbocycles. The van der Waals surface area contributed by atoms with Crippen LogP contribution < -0.4 is 5.32 Å². The molecule has 0 radical (unpaired) electrons. The van der Waals surface area contributed by atoms with Crippen LogP contribution in [0.5, 0.6) is 0 Å². The van der Waals surface area contributed by atoms with Crippen molar-refractivity contribution >= 4 is 11.4 Å². The van der Waals surface area contributed by atoms with E-state index in [0.717, 1.165) is 30.8 Å². The SMILES string of the molecule is CC1=NN=C2CCCNC(C)=C12. The van der Waals surface area contributed by atoms with Crippen molar-refractivity contribution in [3.05, 3.63) is 11.3 Å². The first-order valence-corrected chi connectivity index (χ1v) is 4.35. The molecule has 1 N–H and O–H groups in total. The van der Waals surface area contributed by atoms with E-state index >= 15 is 0 Å². The number of hydrogen-bond acceptors (Lipinski definition) is 3. The Balaban J connectivity index is 2.42. The quantitative estimate of drug-likeness (QED) is 0.577. The van der Waals surface area contributed by atoms with E-state index in [9.17, 15) is 0 Å². The van der Waals surface area contributed by atoms with Crippen LogP contribution in [0.25, 0.3) is 0 Å². The van der Waals surface area contributed by atoms with Crippen molar-refractivity contribution in [1.82, 2.24) is 5.32 Å². The van der Waals surface area contributed by atoms with E-state index in [1.165, 1.54) is 11.3 Å². The van der Waals surface area contributed by atoms with Crippen LogP contribution in [-0.2, 0) is 0 Å². The van der Waals surface area contributed by atoms with Crippen LogP contribution in [0.15, 0.2) is 21.5 Å². The molecule has 0 fully saturated rings. The van der Waals surface area contributed by atoms with Crippen LogP contribution in [0.1, 0.15) is 26.7 Å². The molecule has 0 aromatic carbocycles. The minimum absolute atomic E-state index is 1.05. The van der Waals surface area contributed by atoms with Crippen molar-refractivity contribution in [1.29, 1.82) is 0 Å². The lowest BCUT2D eigenvalue weighted by Crippen LogP contribution is -2.14. The van der Waals surface area contributed by atoms with E-state index < -0.39 is 0 Å². The van der Waals surface area contributed by atoms with Crippen LogP contribution in [0.3, 0.4) is 0 Å². The maximum absolute atomic E-state index is 4.16. The molecule has 0 spiro atoms. The average molecular weight is 163 g/mol. The highest BCUT2D eigenvalue weighted by Gasteiger charge is 2.20. The Labute approximate surface area is 72.3 Å². The van der Waals surface area contributed by atoms with Crippen molar-refractivity contribution in [2.75, 3.05) is 6.54 Å². The lowest BCUT2D eigenvalue weighted by Gasteiger charge is -2.04. The van der Waals surface area contributed by atoms with Gasteiger partial charge in [0.1, 0.15) is 0 Å². The van der Waals surface area contributed by atoms with Gasteiger partial charge < -0.3 is 5.32 Å². The molecule has 2 aliphatic rings. The first-order valence-electron chi connectivity index (χ1n) is 4.35. The van der Waals surface area contributed by atoms with E-state index in [2.05, 4.69) is 22.4 Å². The van der Waals surface area contributed by atoms with Crippen molar-refractivity contribution in [2.45, 2.75) is 26.7 Å². The van der Waals surface area contributed by atoms with Gasteiger partial charge in [0.2, 0.25) is 0 Å². The Kier molecular flexibility index (Phi) is 1.71. The van der Waals surface area contributed by atoms with Gasteiger partial charge in [0.25, 0.3) is 0 Å². The maximum Gasteiger partial charge on any atom is 0.0739 e. The van der Waals surface area contributed by atoms with Gasteiger partial charge in [-0.15, -0.1) is 0 Å². The molecule has 0 aromatic heterocycles. The summed E-state index contributed by atoms with van der Waals surface area (Å²) < 4.78 is 0. The second-order valence-electron chi connectivity index (χ2n) is 3.26. The van der Waals surface area contributed by atoms with Gasteiger partial charge in [-0.05, 0) is 26.7 Å². The molecule has 0 unspecified atom stereocenters. The Hall–Kier alpha value is -1.12. The molecule has 0 atom stereocenters. The normalized spacial score (nSPS) is 22.5. The van der Waals surface area contributed by atoms with Crippen LogP contribution in [-0.4, -0.2) is 18.0 Å². The molecule has 2 heterocycles. The molecule has 0 aromatic rings. The van der Waals surface area contributed by atoms with E-state index in [0.29, 0.717) is 0 Å². The molecule has 0 saturated carbocycles. The number of hydrogen-bond donors (Lipinski definition) is 1.